The van der Waals surface area contributed by atoms with E-state index >= 15 is 0 Å². The number of benzene rings is 1. The van der Waals surface area contributed by atoms with Gasteiger partial charge in [-0.15, -0.1) is 11.3 Å². The first-order valence-electron chi connectivity index (χ1n) is 6.13. The van der Waals surface area contributed by atoms with Crippen LogP contribution in [0.3, 0.4) is 0 Å². The van der Waals surface area contributed by atoms with Crippen LogP contribution in [0, 0.1) is 6.92 Å². The molecular weight excluding hydrogens is 326 g/mol. The third-order valence-corrected chi connectivity index (χ3v) is 5.18. The number of thiazole rings is 1. The smallest absolute Gasteiger partial charge is 0.216 e. The number of thiocarbonyl (C=S) groups is 1. The third kappa shape index (κ3) is 4.85. The lowest BCUT2D eigenvalue weighted by atomic mass is 10.1. The monoisotopic (exact) mass is 341 g/mol. The molecule has 0 amide bonds. The molecule has 0 unspecified atom stereocenters. The molecule has 0 saturated heterocycles. The second kappa shape index (κ2) is 6.61. The first-order chi connectivity index (χ1) is 9.85. The average molecular weight is 341 g/mol. The summed E-state index contributed by atoms with van der Waals surface area (Å²) in [6, 6.07) is 6.87. The van der Waals surface area contributed by atoms with Crippen molar-refractivity contribution in [3.8, 4) is 0 Å². The van der Waals surface area contributed by atoms with Gasteiger partial charge in [-0.25, -0.2) is 18.1 Å². The molecule has 0 bridgehead atoms. The van der Waals surface area contributed by atoms with Crippen LogP contribution in [0.15, 0.2) is 30.5 Å². The molecule has 1 aromatic heterocycles. The topological polar surface area (TPSA) is 85.1 Å². The Morgan fingerprint density at radius 1 is 1.38 bits per heavy atom. The lowest BCUT2D eigenvalue weighted by Crippen LogP contribution is -2.24. The summed E-state index contributed by atoms with van der Waals surface area (Å²) >= 11 is 6.33. The van der Waals surface area contributed by atoms with Gasteiger partial charge in [0.1, 0.15) is 4.99 Å². The summed E-state index contributed by atoms with van der Waals surface area (Å²) in [6.45, 7) is 2.14. The fraction of sp³-hybridized carbons (Fsp3) is 0.231. The minimum absolute atomic E-state index is 0.0810. The minimum Gasteiger partial charge on any atom is -0.389 e. The van der Waals surface area contributed by atoms with Gasteiger partial charge in [0.2, 0.25) is 10.0 Å². The van der Waals surface area contributed by atoms with Crippen LogP contribution in [0.4, 0.5) is 0 Å². The maximum Gasteiger partial charge on any atom is 0.216 e. The largest absolute Gasteiger partial charge is 0.389 e. The van der Waals surface area contributed by atoms with Crippen molar-refractivity contribution in [2.75, 3.05) is 0 Å². The highest BCUT2D eigenvalue weighted by molar-refractivity contribution is 7.88. The molecule has 0 aliphatic carbocycles. The fourth-order valence-electron chi connectivity index (χ4n) is 1.70. The van der Waals surface area contributed by atoms with E-state index in [4.69, 9.17) is 18.0 Å². The highest BCUT2D eigenvalue weighted by atomic mass is 32.2. The number of rotatable bonds is 6. The molecule has 1 heterocycles. The van der Waals surface area contributed by atoms with Crippen LogP contribution in [0.1, 0.15) is 21.0 Å². The molecule has 0 aliphatic heterocycles. The first kappa shape index (κ1) is 16.0. The second-order valence-electron chi connectivity index (χ2n) is 4.49. The van der Waals surface area contributed by atoms with Crippen LogP contribution in [0.2, 0.25) is 0 Å². The van der Waals surface area contributed by atoms with Gasteiger partial charge in [0.05, 0.1) is 10.8 Å². The molecule has 0 atom stereocenters. The van der Waals surface area contributed by atoms with Crippen LogP contribution in [0.25, 0.3) is 0 Å². The molecule has 3 N–H and O–H groups in total. The number of hydrogen-bond acceptors (Lipinski definition) is 5. The van der Waals surface area contributed by atoms with E-state index in [1.54, 1.807) is 30.5 Å². The lowest BCUT2D eigenvalue weighted by molar-refractivity contribution is 0.581. The second-order valence-corrected chi connectivity index (χ2v) is 8.05. The normalized spacial score (nSPS) is 11.5. The van der Waals surface area contributed by atoms with Crippen molar-refractivity contribution in [1.29, 1.82) is 0 Å². The average Bonchev–Trinajstić information content (AvgIpc) is 2.83. The van der Waals surface area contributed by atoms with Crippen LogP contribution < -0.4 is 10.5 Å². The number of sulfonamides is 1. The molecule has 0 radical (unpaired) electrons. The number of nitrogens with one attached hydrogen (secondary N) is 1. The Morgan fingerprint density at radius 3 is 2.57 bits per heavy atom. The number of aryl methyl sites for hydroxylation is 1. The van der Waals surface area contributed by atoms with Crippen molar-refractivity contribution < 1.29 is 8.42 Å². The van der Waals surface area contributed by atoms with Crippen molar-refractivity contribution in [3.63, 3.8) is 0 Å². The van der Waals surface area contributed by atoms with Gasteiger partial charge >= 0.3 is 0 Å². The van der Waals surface area contributed by atoms with Crippen molar-refractivity contribution in [2.24, 2.45) is 5.73 Å². The van der Waals surface area contributed by atoms with Crippen molar-refractivity contribution >= 4 is 38.6 Å². The van der Waals surface area contributed by atoms with Gasteiger partial charge in [-0.1, -0.05) is 36.5 Å². The first-order valence-corrected chi connectivity index (χ1v) is 9.01. The summed E-state index contributed by atoms with van der Waals surface area (Å²) in [5, 5.41) is 0.914. The maximum absolute atomic E-state index is 12.0. The zero-order chi connectivity index (χ0) is 15.5. The summed E-state index contributed by atoms with van der Waals surface area (Å²) in [5.41, 5.74) is 6.91. The van der Waals surface area contributed by atoms with E-state index in [0.29, 0.717) is 10.6 Å². The highest BCUT2D eigenvalue weighted by Crippen LogP contribution is 2.12. The number of nitrogens with zero attached hydrogens (tertiary/aromatic N) is 1. The Bertz CT molecular complexity index is 736. The van der Waals surface area contributed by atoms with Crippen LogP contribution in [-0.4, -0.2) is 18.4 Å². The Kier molecular flexibility index (Phi) is 5.04. The van der Waals surface area contributed by atoms with Crippen molar-refractivity contribution in [3.05, 3.63) is 51.5 Å². The summed E-state index contributed by atoms with van der Waals surface area (Å²) in [7, 11) is -3.39. The van der Waals surface area contributed by atoms with Crippen LogP contribution in [0.5, 0.6) is 0 Å². The molecule has 0 fully saturated rings. The number of nitrogens with two attached hydrogens (primary N) is 1. The molecule has 21 heavy (non-hydrogen) atoms. The van der Waals surface area contributed by atoms with E-state index in [1.165, 1.54) is 11.3 Å². The molecule has 5 nitrogen and oxygen atoms in total. The van der Waals surface area contributed by atoms with Gasteiger partial charge in [-0.2, -0.15) is 0 Å². The van der Waals surface area contributed by atoms with Gasteiger partial charge in [-0.05, 0) is 12.5 Å². The van der Waals surface area contributed by atoms with E-state index in [9.17, 15) is 8.42 Å². The molecule has 1 aromatic carbocycles. The maximum atomic E-state index is 12.0. The zero-order valence-electron chi connectivity index (χ0n) is 11.4. The molecule has 0 aliphatic rings. The lowest BCUT2D eigenvalue weighted by Gasteiger charge is -2.06. The Morgan fingerprint density at radius 2 is 2.05 bits per heavy atom. The van der Waals surface area contributed by atoms with Gasteiger partial charge in [0, 0.05) is 23.2 Å². The van der Waals surface area contributed by atoms with Crippen molar-refractivity contribution in [1.82, 2.24) is 9.71 Å². The summed E-state index contributed by atoms with van der Waals surface area (Å²) in [4.78, 5) is 5.27. The molecule has 2 aromatic rings. The van der Waals surface area contributed by atoms with Crippen LogP contribution in [-0.2, 0) is 22.3 Å². The Balaban J connectivity index is 1.98. The van der Waals surface area contributed by atoms with E-state index in [2.05, 4.69) is 9.71 Å². The molecular formula is C13H15N3O2S3. The summed E-state index contributed by atoms with van der Waals surface area (Å²) < 4.78 is 26.6. The molecule has 2 rings (SSSR count). The predicted molar refractivity (Wildman–Crippen MR) is 88.6 cm³/mol. The summed E-state index contributed by atoms with van der Waals surface area (Å²) in [5.74, 6) is -0.0810. The van der Waals surface area contributed by atoms with Gasteiger partial charge in [-0.3, -0.25) is 0 Å². The summed E-state index contributed by atoms with van der Waals surface area (Å²) in [6.07, 6.45) is 1.68. The van der Waals surface area contributed by atoms with Gasteiger partial charge in [0.25, 0.3) is 0 Å². The number of hydrogen-bond donors (Lipinski definition) is 2. The Hall–Kier alpha value is -1.35. The van der Waals surface area contributed by atoms with E-state index in [0.717, 1.165) is 15.4 Å². The molecule has 0 spiro atoms. The SMILES string of the molecule is Cc1ncc(CNS(=O)(=O)Cc2ccc(C(N)=S)cc2)s1. The highest BCUT2D eigenvalue weighted by Gasteiger charge is 2.12. The van der Waals surface area contributed by atoms with Crippen LogP contribution >= 0.6 is 23.6 Å². The molecule has 0 saturated carbocycles. The standard InChI is InChI=1S/C13H15N3O2S3/c1-9-15-6-12(20-9)7-16-21(17,18)8-10-2-4-11(5-3-10)13(14)19/h2-6,16H,7-8H2,1H3,(H2,14,19). The quantitative estimate of drug-likeness (QED) is 0.781. The zero-order valence-corrected chi connectivity index (χ0v) is 13.8. The van der Waals surface area contributed by atoms with E-state index in [1.807, 2.05) is 6.92 Å². The fourth-order valence-corrected chi connectivity index (χ4v) is 3.77. The van der Waals surface area contributed by atoms with E-state index in [-0.39, 0.29) is 12.3 Å². The molecule has 112 valence electrons. The van der Waals surface area contributed by atoms with E-state index < -0.39 is 10.0 Å². The van der Waals surface area contributed by atoms with Gasteiger partial charge < -0.3 is 5.73 Å². The van der Waals surface area contributed by atoms with Crippen molar-refractivity contribution in [2.45, 2.75) is 19.2 Å². The Labute approximate surface area is 133 Å². The molecule has 8 heteroatoms. The minimum atomic E-state index is -3.39. The predicted octanol–water partition coefficient (Wildman–Crippen LogP) is 1.71. The van der Waals surface area contributed by atoms with Gasteiger partial charge in [0.15, 0.2) is 0 Å². The number of aromatic nitrogens is 1. The third-order valence-electron chi connectivity index (χ3n) is 2.73.